The van der Waals surface area contributed by atoms with Crippen molar-refractivity contribution in [2.24, 2.45) is 0 Å². The predicted molar refractivity (Wildman–Crippen MR) is 69.7 cm³/mol. The van der Waals surface area contributed by atoms with E-state index in [-0.39, 0.29) is 10.7 Å². The van der Waals surface area contributed by atoms with Crippen molar-refractivity contribution in [3.8, 4) is 5.75 Å². The second-order valence-electron chi connectivity index (χ2n) is 3.39. The van der Waals surface area contributed by atoms with Gasteiger partial charge in [-0.15, -0.1) is 0 Å². The van der Waals surface area contributed by atoms with Crippen LogP contribution in [0, 0.1) is 0 Å². The number of carbonyl (C=O) groups is 1. The Kier molecular flexibility index (Phi) is 4.72. The maximum Gasteiger partial charge on any atom is 0.341 e. The number of rotatable bonds is 2. The molecule has 1 aromatic rings. The summed E-state index contributed by atoms with van der Waals surface area (Å²) in [6.07, 6.45) is 0. The Balaban J connectivity index is 3.06. The molecule has 0 saturated carbocycles. The predicted octanol–water partition coefficient (Wildman–Crippen LogP) is 2.35. The first kappa shape index (κ1) is 13.7. The summed E-state index contributed by atoms with van der Waals surface area (Å²) in [6, 6.07) is 4.66. The molecule has 0 fully saturated rings. The van der Waals surface area contributed by atoms with Crippen molar-refractivity contribution < 1.29 is 14.3 Å². The van der Waals surface area contributed by atoms with Crippen molar-refractivity contribution in [3.63, 3.8) is 0 Å². The number of hydrogen-bond donors (Lipinski definition) is 0. The van der Waals surface area contributed by atoms with Gasteiger partial charge in [0.1, 0.15) is 11.3 Å². The lowest BCUT2D eigenvalue weighted by Gasteiger charge is -2.15. The molecular weight excluding hydrogens is 262 g/mol. The van der Waals surface area contributed by atoms with E-state index in [4.69, 9.17) is 28.6 Å². The molecule has 0 N–H and O–H groups in total. The first-order valence-electron chi connectivity index (χ1n) is 4.72. The molecule has 92 valence electrons. The average Bonchev–Trinajstić information content (AvgIpc) is 2.30. The fourth-order valence-electron chi connectivity index (χ4n) is 1.05. The second kappa shape index (κ2) is 5.84. The topological polar surface area (TPSA) is 38.8 Å². The van der Waals surface area contributed by atoms with E-state index in [2.05, 4.69) is 4.74 Å². The molecule has 0 aliphatic heterocycles. The molecule has 0 bridgehead atoms. The first-order valence-corrected chi connectivity index (χ1v) is 5.51. The zero-order chi connectivity index (χ0) is 13.0. The van der Waals surface area contributed by atoms with E-state index in [1.54, 1.807) is 31.1 Å². The fraction of sp³-hybridized carbons (Fsp3) is 0.273. The summed E-state index contributed by atoms with van der Waals surface area (Å²) < 4.78 is 10.0. The molecule has 0 aliphatic carbocycles. The molecule has 0 aromatic heterocycles. The van der Waals surface area contributed by atoms with Gasteiger partial charge in [0.15, 0.2) is 0 Å². The summed E-state index contributed by atoms with van der Waals surface area (Å²) in [5, 5.41) is 0.672. The van der Waals surface area contributed by atoms with Gasteiger partial charge in [0, 0.05) is 19.1 Å². The van der Waals surface area contributed by atoms with E-state index in [9.17, 15) is 4.79 Å². The number of hydrogen-bond acceptors (Lipinski definition) is 4. The molecule has 1 aromatic carbocycles. The lowest BCUT2D eigenvalue weighted by Crippen LogP contribution is -2.25. The number of ether oxygens (including phenoxy) is 2. The van der Waals surface area contributed by atoms with Crippen LogP contribution in [0.3, 0.4) is 0 Å². The number of benzene rings is 1. The largest absolute Gasteiger partial charge is 0.465 e. The number of methoxy groups -OCH3 is 1. The van der Waals surface area contributed by atoms with Crippen molar-refractivity contribution in [2.45, 2.75) is 0 Å². The Bertz CT molecular complexity index is 448. The van der Waals surface area contributed by atoms with Crippen molar-refractivity contribution in [3.05, 3.63) is 28.8 Å². The Hall–Kier alpha value is -1.33. The highest BCUT2D eigenvalue weighted by molar-refractivity contribution is 7.80. The molecule has 17 heavy (non-hydrogen) atoms. The Morgan fingerprint density at radius 1 is 1.41 bits per heavy atom. The summed E-state index contributed by atoms with van der Waals surface area (Å²) in [5.74, 6) is -0.205. The molecule has 6 heteroatoms. The van der Waals surface area contributed by atoms with Crippen LogP contribution >= 0.6 is 23.8 Å². The summed E-state index contributed by atoms with van der Waals surface area (Å²) in [6.45, 7) is 0. The lowest BCUT2D eigenvalue weighted by molar-refractivity contribution is 0.0598. The molecule has 0 saturated heterocycles. The molecule has 0 atom stereocenters. The van der Waals surface area contributed by atoms with E-state index in [0.29, 0.717) is 10.8 Å². The minimum atomic E-state index is -0.524. The van der Waals surface area contributed by atoms with Crippen LogP contribution in [0.1, 0.15) is 10.4 Å². The van der Waals surface area contributed by atoms with Crippen LogP contribution in [0.15, 0.2) is 18.2 Å². The van der Waals surface area contributed by atoms with E-state index in [1.165, 1.54) is 13.2 Å². The van der Waals surface area contributed by atoms with Gasteiger partial charge in [-0.3, -0.25) is 0 Å². The summed E-state index contributed by atoms with van der Waals surface area (Å²) in [5.41, 5.74) is 0.240. The SMILES string of the molecule is COC(=O)c1cc(Cl)ccc1OC(=S)N(C)C. The first-order chi connectivity index (χ1) is 7.95. The van der Waals surface area contributed by atoms with Crippen LogP contribution in [0.2, 0.25) is 5.02 Å². The molecule has 0 radical (unpaired) electrons. The van der Waals surface area contributed by atoms with E-state index >= 15 is 0 Å². The zero-order valence-electron chi connectivity index (χ0n) is 9.69. The van der Waals surface area contributed by atoms with Gasteiger partial charge in [0.2, 0.25) is 0 Å². The van der Waals surface area contributed by atoms with Gasteiger partial charge in [-0.1, -0.05) is 11.6 Å². The van der Waals surface area contributed by atoms with Crippen LogP contribution in [0.25, 0.3) is 0 Å². The highest BCUT2D eigenvalue weighted by Gasteiger charge is 2.15. The van der Waals surface area contributed by atoms with Crippen LogP contribution < -0.4 is 4.74 Å². The van der Waals surface area contributed by atoms with E-state index < -0.39 is 5.97 Å². The van der Waals surface area contributed by atoms with Crippen molar-refractivity contribution in [1.29, 1.82) is 0 Å². The molecule has 0 aliphatic rings. The zero-order valence-corrected chi connectivity index (χ0v) is 11.3. The normalized spacial score (nSPS) is 9.65. The third-order valence-corrected chi connectivity index (χ3v) is 2.59. The van der Waals surface area contributed by atoms with Gasteiger partial charge in [-0.25, -0.2) is 4.79 Å². The van der Waals surface area contributed by atoms with Crippen LogP contribution in [-0.4, -0.2) is 37.2 Å². The van der Waals surface area contributed by atoms with Gasteiger partial charge in [-0.05, 0) is 30.4 Å². The van der Waals surface area contributed by atoms with Gasteiger partial charge >= 0.3 is 5.97 Å². The van der Waals surface area contributed by atoms with Gasteiger partial charge in [0.05, 0.1) is 7.11 Å². The maximum absolute atomic E-state index is 11.5. The molecule has 4 nitrogen and oxygen atoms in total. The summed E-state index contributed by atoms with van der Waals surface area (Å²) in [4.78, 5) is 13.1. The molecule has 0 heterocycles. The van der Waals surface area contributed by atoms with E-state index in [1.807, 2.05) is 0 Å². The Morgan fingerprint density at radius 2 is 2.06 bits per heavy atom. The van der Waals surface area contributed by atoms with Gasteiger partial charge in [0.25, 0.3) is 5.17 Å². The number of carbonyl (C=O) groups excluding carboxylic acids is 1. The Labute approximate surface area is 110 Å². The maximum atomic E-state index is 11.5. The summed E-state index contributed by atoms with van der Waals surface area (Å²) >= 11 is 10.8. The van der Waals surface area contributed by atoms with Gasteiger partial charge < -0.3 is 14.4 Å². The third-order valence-electron chi connectivity index (χ3n) is 1.91. The molecule has 0 spiro atoms. The highest BCUT2D eigenvalue weighted by Crippen LogP contribution is 2.24. The standard InChI is InChI=1S/C11H12ClNO3S/c1-13(2)11(17)16-9-5-4-7(12)6-8(9)10(14)15-3/h4-6H,1-3H3. The minimum Gasteiger partial charge on any atom is -0.465 e. The summed E-state index contributed by atoms with van der Waals surface area (Å²) in [7, 11) is 4.78. The second-order valence-corrected chi connectivity index (χ2v) is 4.18. The van der Waals surface area contributed by atoms with Gasteiger partial charge in [-0.2, -0.15) is 0 Å². The number of nitrogens with zero attached hydrogens (tertiary/aromatic N) is 1. The molecular formula is C11H12ClNO3S. The number of esters is 1. The fourth-order valence-corrected chi connectivity index (χ4v) is 1.31. The molecule has 1 rings (SSSR count). The van der Waals surface area contributed by atoms with Crippen molar-refractivity contribution in [1.82, 2.24) is 4.90 Å². The van der Waals surface area contributed by atoms with Crippen molar-refractivity contribution >= 4 is 35.0 Å². The number of thiocarbonyl (C=S) groups is 1. The number of halogens is 1. The molecule has 0 unspecified atom stereocenters. The lowest BCUT2D eigenvalue weighted by atomic mass is 10.2. The van der Waals surface area contributed by atoms with Crippen molar-refractivity contribution in [2.75, 3.05) is 21.2 Å². The van der Waals surface area contributed by atoms with Crippen LogP contribution in [-0.2, 0) is 4.74 Å². The van der Waals surface area contributed by atoms with Crippen LogP contribution in [0.4, 0.5) is 0 Å². The van der Waals surface area contributed by atoms with Crippen LogP contribution in [0.5, 0.6) is 5.75 Å². The smallest absolute Gasteiger partial charge is 0.341 e. The monoisotopic (exact) mass is 273 g/mol. The Morgan fingerprint density at radius 3 is 2.59 bits per heavy atom. The van der Waals surface area contributed by atoms with E-state index in [0.717, 1.165) is 0 Å². The molecule has 0 amide bonds. The minimum absolute atomic E-state index is 0.240. The average molecular weight is 274 g/mol. The highest BCUT2D eigenvalue weighted by atomic mass is 35.5. The third kappa shape index (κ3) is 3.57. The quantitative estimate of drug-likeness (QED) is 0.611.